The van der Waals surface area contributed by atoms with Crippen LogP contribution in [0.5, 0.6) is 0 Å². The molecular formula is C22H22ClF4N3O4. The molecule has 0 bridgehead atoms. The van der Waals surface area contributed by atoms with Crippen molar-refractivity contribution in [3.8, 4) is 0 Å². The third-order valence-electron chi connectivity index (χ3n) is 6.29. The van der Waals surface area contributed by atoms with Crippen molar-refractivity contribution >= 4 is 23.7 Å². The summed E-state index contributed by atoms with van der Waals surface area (Å²) in [6.45, 7) is -0.416. The molecule has 2 heterocycles. The Kier molecular flexibility index (Phi) is 6.75. The number of carboxylic acids is 1. The minimum absolute atomic E-state index is 0.0143. The van der Waals surface area contributed by atoms with Crippen LogP contribution in [-0.2, 0) is 35.2 Å². The van der Waals surface area contributed by atoms with Crippen LogP contribution in [0, 0.1) is 11.7 Å². The molecule has 4 rings (SSSR count). The first-order valence-corrected chi connectivity index (χ1v) is 11.2. The summed E-state index contributed by atoms with van der Waals surface area (Å²) in [7, 11) is 0. The number of hydrogen-bond acceptors (Lipinski definition) is 4. The number of aromatic nitrogens is 2. The number of ether oxygens (including phenoxy) is 1. The lowest BCUT2D eigenvalue weighted by Crippen LogP contribution is -2.40. The Morgan fingerprint density at radius 1 is 1.21 bits per heavy atom. The average molecular weight is 504 g/mol. The van der Waals surface area contributed by atoms with Crippen LogP contribution in [0.4, 0.5) is 22.4 Å². The number of carbonyl (C=O) groups is 2. The standard InChI is InChI=1S/C22H22ClF4N3O4/c23-14-4-1-13(17(24)9-14)10-30-18-11-29(8-7-16(18)19(28-30)22(25,26)27)21(33)34-15-5-2-12(3-6-15)20(31)32/h1,4,9,12,15H,2-3,5-8,10-11H2,(H,31,32). The molecule has 1 fully saturated rings. The predicted octanol–water partition coefficient (Wildman–Crippen LogP) is 4.88. The fourth-order valence-corrected chi connectivity index (χ4v) is 4.61. The van der Waals surface area contributed by atoms with Crippen molar-refractivity contribution in [1.82, 2.24) is 14.7 Å². The van der Waals surface area contributed by atoms with E-state index in [9.17, 15) is 27.2 Å². The highest BCUT2D eigenvalue weighted by atomic mass is 35.5. The van der Waals surface area contributed by atoms with Crippen molar-refractivity contribution in [2.24, 2.45) is 5.92 Å². The number of benzene rings is 1. The molecule has 12 heteroatoms. The van der Waals surface area contributed by atoms with Gasteiger partial charge in [0.05, 0.1) is 24.7 Å². The van der Waals surface area contributed by atoms with E-state index in [1.165, 1.54) is 17.0 Å². The van der Waals surface area contributed by atoms with Gasteiger partial charge in [-0.3, -0.25) is 9.48 Å². The Hall–Kier alpha value is -2.82. The summed E-state index contributed by atoms with van der Waals surface area (Å²) >= 11 is 5.76. The number of rotatable bonds is 4. The van der Waals surface area contributed by atoms with E-state index in [-0.39, 0.29) is 47.9 Å². The first kappa shape index (κ1) is 24.3. The maximum absolute atomic E-state index is 14.3. The first-order chi connectivity index (χ1) is 16.0. The number of carbonyl (C=O) groups excluding carboxylic acids is 1. The Balaban J connectivity index is 1.52. The lowest BCUT2D eigenvalue weighted by molar-refractivity contribution is -0.143. The van der Waals surface area contributed by atoms with Crippen molar-refractivity contribution in [3.05, 3.63) is 51.6 Å². The number of carboxylic acid groups (broad SMARTS) is 1. The van der Waals surface area contributed by atoms with Crippen LogP contribution in [-0.4, -0.2) is 44.5 Å². The van der Waals surface area contributed by atoms with Gasteiger partial charge in [-0.25, -0.2) is 9.18 Å². The molecule has 2 aromatic rings. The van der Waals surface area contributed by atoms with Crippen molar-refractivity contribution in [1.29, 1.82) is 0 Å². The molecule has 0 radical (unpaired) electrons. The predicted molar refractivity (Wildman–Crippen MR) is 112 cm³/mol. The fourth-order valence-electron chi connectivity index (χ4n) is 4.45. The van der Waals surface area contributed by atoms with Gasteiger partial charge in [-0.05, 0) is 44.2 Å². The Morgan fingerprint density at radius 3 is 2.53 bits per heavy atom. The SMILES string of the molecule is O=C(O)C1CCC(OC(=O)N2CCc3c(C(F)(F)F)nn(Cc4ccc(Cl)cc4F)c3C2)CC1. The number of nitrogens with zero attached hydrogens (tertiary/aromatic N) is 3. The zero-order chi connectivity index (χ0) is 24.6. The van der Waals surface area contributed by atoms with Gasteiger partial charge in [0.25, 0.3) is 0 Å². The van der Waals surface area contributed by atoms with E-state index in [1.54, 1.807) is 0 Å². The van der Waals surface area contributed by atoms with E-state index in [1.807, 2.05) is 0 Å². The Morgan fingerprint density at radius 2 is 1.91 bits per heavy atom. The Bertz CT molecular complexity index is 1100. The van der Waals surface area contributed by atoms with Crippen molar-refractivity contribution < 1.29 is 37.0 Å². The number of alkyl halides is 3. The summed E-state index contributed by atoms with van der Waals surface area (Å²) in [5, 5.41) is 13.0. The van der Waals surface area contributed by atoms with Crippen LogP contribution in [0.2, 0.25) is 5.02 Å². The molecule has 0 atom stereocenters. The molecular weight excluding hydrogens is 482 g/mol. The summed E-state index contributed by atoms with van der Waals surface area (Å²) in [4.78, 5) is 25.1. The first-order valence-electron chi connectivity index (χ1n) is 10.8. The summed E-state index contributed by atoms with van der Waals surface area (Å²) in [6.07, 6.45) is -4.28. The van der Waals surface area contributed by atoms with E-state index in [0.717, 1.165) is 10.7 Å². The molecule has 1 N–H and O–H groups in total. The summed E-state index contributed by atoms with van der Waals surface area (Å²) in [5.74, 6) is -2.01. The van der Waals surface area contributed by atoms with Gasteiger partial charge in [-0.1, -0.05) is 17.7 Å². The molecule has 0 saturated heterocycles. The second-order valence-corrected chi connectivity index (χ2v) is 8.97. The van der Waals surface area contributed by atoms with Gasteiger partial charge in [0.2, 0.25) is 0 Å². The van der Waals surface area contributed by atoms with Crippen LogP contribution in [0.1, 0.15) is 48.2 Å². The fraction of sp³-hybridized carbons (Fsp3) is 0.500. The third-order valence-corrected chi connectivity index (χ3v) is 6.53. The minimum Gasteiger partial charge on any atom is -0.481 e. The molecule has 1 aliphatic carbocycles. The highest BCUT2D eigenvalue weighted by Crippen LogP contribution is 2.36. The molecule has 7 nitrogen and oxygen atoms in total. The zero-order valence-electron chi connectivity index (χ0n) is 17.9. The van der Waals surface area contributed by atoms with E-state index in [2.05, 4.69) is 5.10 Å². The van der Waals surface area contributed by atoms with Crippen LogP contribution in [0.15, 0.2) is 18.2 Å². The number of halogens is 5. The number of amides is 1. The second-order valence-electron chi connectivity index (χ2n) is 8.53. The van der Waals surface area contributed by atoms with Gasteiger partial charge in [0.1, 0.15) is 11.9 Å². The molecule has 1 saturated carbocycles. The molecule has 184 valence electrons. The average Bonchev–Trinajstić information content (AvgIpc) is 3.14. The zero-order valence-corrected chi connectivity index (χ0v) is 18.7. The van der Waals surface area contributed by atoms with E-state index >= 15 is 0 Å². The topological polar surface area (TPSA) is 84.7 Å². The molecule has 0 spiro atoms. The second kappa shape index (κ2) is 9.44. The maximum atomic E-state index is 14.3. The van der Waals surface area contributed by atoms with E-state index < -0.39 is 41.8 Å². The molecule has 1 amide bonds. The minimum atomic E-state index is -4.70. The van der Waals surface area contributed by atoms with Gasteiger partial charge in [0.15, 0.2) is 5.69 Å². The normalized spacial score (nSPS) is 20.7. The molecule has 1 aromatic carbocycles. The summed E-state index contributed by atoms with van der Waals surface area (Å²) < 4.78 is 61.7. The van der Waals surface area contributed by atoms with Crippen molar-refractivity contribution in [2.45, 2.75) is 57.5 Å². The molecule has 34 heavy (non-hydrogen) atoms. The van der Waals surface area contributed by atoms with Gasteiger partial charge >= 0.3 is 18.2 Å². The van der Waals surface area contributed by atoms with Crippen LogP contribution >= 0.6 is 11.6 Å². The highest BCUT2D eigenvalue weighted by Gasteiger charge is 2.41. The van der Waals surface area contributed by atoms with Crippen molar-refractivity contribution in [2.75, 3.05) is 6.54 Å². The molecule has 2 aliphatic rings. The van der Waals surface area contributed by atoms with E-state index in [4.69, 9.17) is 21.4 Å². The van der Waals surface area contributed by atoms with Crippen LogP contribution in [0.3, 0.4) is 0 Å². The maximum Gasteiger partial charge on any atom is 0.435 e. The van der Waals surface area contributed by atoms with E-state index in [0.29, 0.717) is 25.7 Å². The van der Waals surface area contributed by atoms with Gasteiger partial charge in [0, 0.05) is 22.7 Å². The molecule has 1 aromatic heterocycles. The highest BCUT2D eigenvalue weighted by molar-refractivity contribution is 6.30. The van der Waals surface area contributed by atoms with Crippen molar-refractivity contribution in [3.63, 3.8) is 0 Å². The summed E-state index contributed by atoms with van der Waals surface area (Å²) in [5.41, 5.74) is -0.789. The quantitative estimate of drug-likeness (QED) is 0.601. The lowest BCUT2D eigenvalue weighted by atomic mass is 9.87. The monoisotopic (exact) mass is 503 g/mol. The lowest BCUT2D eigenvalue weighted by Gasteiger charge is -2.31. The number of fused-ring (bicyclic) bond motifs is 1. The molecule has 0 unspecified atom stereocenters. The smallest absolute Gasteiger partial charge is 0.435 e. The number of hydrogen-bond donors (Lipinski definition) is 1. The third kappa shape index (κ3) is 5.13. The van der Waals surface area contributed by atoms with Crippen LogP contribution < -0.4 is 0 Å². The van der Waals surface area contributed by atoms with Crippen LogP contribution in [0.25, 0.3) is 0 Å². The number of aliphatic carboxylic acids is 1. The van der Waals surface area contributed by atoms with Gasteiger partial charge < -0.3 is 14.7 Å². The van der Waals surface area contributed by atoms with Gasteiger partial charge in [-0.15, -0.1) is 0 Å². The Labute approximate surface area is 197 Å². The molecule has 1 aliphatic heterocycles. The van der Waals surface area contributed by atoms with Gasteiger partial charge in [-0.2, -0.15) is 18.3 Å². The largest absolute Gasteiger partial charge is 0.481 e. The summed E-state index contributed by atoms with van der Waals surface area (Å²) in [6, 6.07) is 3.88.